The van der Waals surface area contributed by atoms with Gasteiger partial charge in [0.25, 0.3) is 5.91 Å². The molecule has 1 aromatic carbocycles. The molecule has 0 spiro atoms. The minimum Gasteiger partial charge on any atom is -0.452 e. The van der Waals surface area contributed by atoms with Gasteiger partial charge in [-0.05, 0) is 37.5 Å². The molecule has 0 bridgehead atoms. The van der Waals surface area contributed by atoms with Crippen molar-refractivity contribution in [2.24, 2.45) is 0 Å². The number of nitrogens with two attached hydrogens (primary N) is 1. The van der Waals surface area contributed by atoms with E-state index >= 15 is 0 Å². The predicted molar refractivity (Wildman–Crippen MR) is 97.3 cm³/mol. The molecule has 1 aliphatic heterocycles. The number of hydrogen-bond donors (Lipinski definition) is 1. The van der Waals surface area contributed by atoms with Crippen molar-refractivity contribution >= 4 is 27.4 Å². The molecule has 3 rings (SSSR count). The van der Waals surface area contributed by atoms with Gasteiger partial charge in [0.1, 0.15) is 5.82 Å². The third-order valence-corrected chi connectivity index (χ3v) is 6.92. The fourth-order valence-electron chi connectivity index (χ4n) is 3.88. The third kappa shape index (κ3) is 4.58. The summed E-state index contributed by atoms with van der Waals surface area (Å²) in [5.74, 6) is -1.77. The van der Waals surface area contributed by atoms with Crippen LogP contribution in [0.1, 0.15) is 42.5 Å². The lowest BCUT2D eigenvalue weighted by molar-refractivity contribution is -0.139. The van der Waals surface area contributed by atoms with Crippen LogP contribution in [0, 0.1) is 5.82 Å². The second-order valence-electron chi connectivity index (χ2n) is 7.10. The summed E-state index contributed by atoms with van der Waals surface area (Å²) in [4.78, 5) is 26.5. The monoisotopic (exact) mass is 398 g/mol. The summed E-state index contributed by atoms with van der Waals surface area (Å²) in [7, 11) is -3.14. The summed E-state index contributed by atoms with van der Waals surface area (Å²) in [5.41, 5.74) is 5.53. The van der Waals surface area contributed by atoms with Crippen molar-refractivity contribution in [3.63, 3.8) is 0 Å². The molecule has 1 unspecified atom stereocenters. The smallest absolute Gasteiger partial charge is 0.340 e. The molecule has 7 nitrogen and oxygen atoms in total. The van der Waals surface area contributed by atoms with E-state index in [1.165, 1.54) is 6.07 Å². The van der Waals surface area contributed by atoms with Crippen LogP contribution in [-0.4, -0.2) is 55.4 Å². The number of amides is 1. The van der Waals surface area contributed by atoms with E-state index in [1.807, 2.05) is 0 Å². The van der Waals surface area contributed by atoms with Gasteiger partial charge in [-0.2, -0.15) is 0 Å². The first kappa shape index (κ1) is 19.6. The van der Waals surface area contributed by atoms with E-state index in [-0.39, 0.29) is 34.8 Å². The predicted octanol–water partition coefficient (Wildman–Crippen LogP) is 1.52. The molecule has 148 valence electrons. The third-order valence-electron chi connectivity index (χ3n) is 5.17. The number of carbonyl (C=O) groups is 2. The first-order valence-electron chi connectivity index (χ1n) is 9.00. The molecule has 2 aliphatic rings. The SMILES string of the molecule is Nc1cc(F)ccc1C(=O)OCC(=O)N(C1CCCC1)C1CCS(=O)(=O)C1. The number of carbonyl (C=O) groups excluding carboxylic acids is 2. The Bertz CT molecular complexity index is 836. The number of esters is 1. The normalized spacial score (nSPS) is 21.9. The van der Waals surface area contributed by atoms with Gasteiger partial charge in [-0.25, -0.2) is 17.6 Å². The highest BCUT2D eigenvalue weighted by Crippen LogP contribution is 2.29. The summed E-state index contributed by atoms with van der Waals surface area (Å²) >= 11 is 0. The van der Waals surface area contributed by atoms with Crippen LogP contribution in [0.5, 0.6) is 0 Å². The van der Waals surface area contributed by atoms with Gasteiger partial charge in [0.2, 0.25) is 0 Å². The standard InChI is InChI=1S/C18H23FN2O5S/c19-12-5-6-15(16(20)9-12)18(23)26-10-17(22)21(13-3-1-2-4-13)14-7-8-27(24,25)11-14/h5-6,9,13-14H,1-4,7-8,10-11,20H2. The molecule has 1 saturated carbocycles. The summed E-state index contributed by atoms with van der Waals surface area (Å²) in [6.07, 6.45) is 4.02. The number of anilines is 1. The van der Waals surface area contributed by atoms with E-state index < -0.39 is 34.1 Å². The fraction of sp³-hybridized carbons (Fsp3) is 0.556. The highest BCUT2D eigenvalue weighted by molar-refractivity contribution is 7.91. The van der Waals surface area contributed by atoms with Crippen LogP contribution >= 0.6 is 0 Å². The molecule has 1 aliphatic carbocycles. The number of ether oxygens (including phenoxy) is 1. The Morgan fingerprint density at radius 2 is 1.89 bits per heavy atom. The highest BCUT2D eigenvalue weighted by atomic mass is 32.2. The zero-order chi connectivity index (χ0) is 19.6. The van der Waals surface area contributed by atoms with Crippen LogP contribution in [0.25, 0.3) is 0 Å². The molecule has 1 heterocycles. The maximum absolute atomic E-state index is 13.1. The van der Waals surface area contributed by atoms with Gasteiger partial charge in [-0.3, -0.25) is 4.79 Å². The molecule has 9 heteroatoms. The summed E-state index contributed by atoms with van der Waals surface area (Å²) in [5, 5.41) is 0. The van der Waals surface area contributed by atoms with Crippen molar-refractivity contribution in [3.8, 4) is 0 Å². The van der Waals surface area contributed by atoms with Gasteiger partial charge in [-0.15, -0.1) is 0 Å². The Hall–Kier alpha value is -2.16. The van der Waals surface area contributed by atoms with Crippen molar-refractivity contribution in [1.82, 2.24) is 4.90 Å². The zero-order valence-corrected chi connectivity index (χ0v) is 15.7. The number of benzene rings is 1. The lowest BCUT2D eigenvalue weighted by Crippen LogP contribution is -2.48. The van der Waals surface area contributed by atoms with Crippen LogP contribution in [0.3, 0.4) is 0 Å². The second kappa shape index (κ2) is 7.84. The van der Waals surface area contributed by atoms with E-state index in [0.29, 0.717) is 6.42 Å². The van der Waals surface area contributed by atoms with Crippen LogP contribution in [0.15, 0.2) is 18.2 Å². The number of rotatable bonds is 5. The molecule has 1 atom stereocenters. The summed E-state index contributed by atoms with van der Waals surface area (Å²) in [6.45, 7) is -0.497. The van der Waals surface area contributed by atoms with Gasteiger partial charge in [0.05, 0.1) is 17.1 Å². The van der Waals surface area contributed by atoms with Crippen LogP contribution in [0.2, 0.25) is 0 Å². The van der Waals surface area contributed by atoms with Crippen LogP contribution in [-0.2, 0) is 19.4 Å². The van der Waals surface area contributed by atoms with Gasteiger partial charge < -0.3 is 15.4 Å². The molecule has 2 N–H and O–H groups in total. The van der Waals surface area contributed by atoms with Crippen molar-refractivity contribution in [1.29, 1.82) is 0 Å². The zero-order valence-electron chi connectivity index (χ0n) is 14.9. The molecule has 1 saturated heterocycles. The molecule has 0 aromatic heterocycles. The molecule has 0 radical (unpaired) electrons. The van der Waals surface area contributed by atoms with Gasteiger partial charge >= 0.3 is 5.97 Å². The first-order valence-corrected chi connectivity index (χ1v) is 10.8. The quantitative estimate of drug-likeness (QED) is 0.595. The minimum absolute atomic E-state index is 0.0138. The number of hydrogen-bond acceptors (Lipinski definition) is 6. The maximum atomic E-state index is 13.1. The van der Waals surface area contributed by atoms with Crippen molar-refractivity contribution in [3.05, 3.63) is 29.6 Å². The van der Waals surface area contributed by atoms with E-state index in [0.717, 1.165) is 37.8 Å². The van der Waals surface area contributed by atoms with Gasteiger partial charge in [0.15, 0.2) is 16.4 Å². The van der Waals surface area contributed by atoms with E-state index in [1.54, 1.807) is 4.90 Å². The minimum atomic E-state index is -3.14. The number of halogens is 1. The maximum Gasteiger partial charge on any atom is 0.340 e. The Morgan fingerprint density at radius 1 is 1.19 bits per heavy atom. The number of sulfone groups is 1. The second-order valence-corrected chi connectivity index (χ2v) is 9.33. The van der Waals surface area contributed by atoms with Crippen LogP contribution in [0.4, 0.5) is 10.1 Å². The van der Waals surface area contributed by atoms with E-state index in [9.17, 15) is 22.4 Å². The van der Waals surface area contributed by atoms with E-state index in [2.05, 4.69) is 0 Å². The highest BCUT2D eigenvalue weighted by Gasteiger charge is 2.39. The van der Waals surface area contributed by atoms with Gasteiger partial charge in [-0.1, -0.05) is 12.8 Å². The average Bonchev–Trinajstić information content (AvgIpc) is 3.23. The Morgan fingerprint density at radius 3 is 2.48 bits per heavy atom. The van der Waals surface area contributed by atoms with Crippen molar-refractivity contribution in [2.75, 3.05) is 23.8 Å². The Balaban J connectivity index is 1.68. The van der Waals surface area contributed by atoms with Crippen molar-refractivity contribution < 1.29 is 27.1 Å². The average molecular weight is 398 g/mol. The molecule has 1 aromatic rings. The number of nitrogens with zero attached hydrogens (tertiary/aromatic N) is 1. The first-order chi connectivity index (χ1) is 12.8. The lowest BCUT2D eigenvalue weighted by Gasteiger charge is -2.33. The number of nitrogen functional groups attached to an aromatic ring is 1. The summed E-state index contributed by atoms with van der Waals surface area (Å²) < 4.78 is 41.8. The Labute approximate surface area is 157 Å². The Kier molecular flexibility index (Phi) is 5.69. The van der Waals surface area contributed by atoms with Crippen LogP contribution < -0.4 is 5.73 Å². The summed E-state index contributed by atoms with van der Waals surface area (Å²) in [6, 6.07) is 2.90. The molecular formula is C18H23FN2O5S. The molecular weight excluding hydrogens is 375 g/mol. The largest absolute Gasteiger partial charge is 0.452 e. The fourth-order valence-corrected chi connectivity index (χ4v) is 5.59. The molecule has 27 heavy (non-hydrogen) atoms. The molecule has 1 amide bonds. The van der Waals surface area contributed by atoms with Crippen molar-refractivity contribution in [2.45, 2.75) is 44.2 Å². The van der Waals surface area contributed by atoms with E-state index in [4.69, 9.17) is 10.5 Å². The molecule has 2 fully saturated rings. The van der Waals surface area contributed by atoms with Gasteiger partial charge in [0, 0.05) is 17.8 Å². The lowest BCUT2D eigenvalue weighted by atomic mass is 10.1. The topological polar surface area (TPSA) is 107 Å².